The molecule has 1 saturated heterocycles. The van der Waals surface area contributed by atoms with Crippen molar-refractivity contribution in [2.45, 2.75) is 30.9 Å². The number of nitrogen functional groups attached to an aromatic ring is 1. The maximum Gasteiger partial charge on any atom is 0.238 e. The van der Waals surface area contributed by atoms with Crippen LogP contribution in [0, 0.1) is 6.92 Å². The van der Waals surface area contributed by atoms with Crippen molar-refractivity contribution in [3.05, 3.63) is 11.8 Å². The van der Waals surface area contributed by atoms with E-state index in [4.69, 9.17) is 10.6 Å². The van der Waals surface area contributed by atoms with Crippen LogP contribution in [-0.2, 0) is 4.74 Å². The minimum absolute atomic E-state index is 0.369. The van der Waals surface area contributed by atoms with Gasteiger partial charge in [0.1, 0.15) is 5.03 Å². The molecular formula is C10H16N4OS. The molecule has 1 atom stereocenters. The van der Waals surface area contributed by atoms with Gasteiger partial charge >= 0.3 is 0 Å². The smallest absolute Gasteiger partial charge is 0.238 e. The van der Waals surface area contributed by atoms with Gasteiger partial charge in [0, 0.05) is 18.6 Å². The number of aryl methyl sites for hydroxylation is 1. The molecule has 1 aromatic rings. The highest BCUT2D eigenvalue weighted by atomic mass is 32.2. The van der Waals surface area contributed by atoms with Crippen molar-refractivity contribution >= 4 is 17.7 Å². The van der Waals surface area contributed by atoms with E-state index < -0.39 is 0 Å². The number of nitrogens with zero attached hydrogens (tertiary/aromatic N) is 2. The lowest BCUT2D eigenvalue weighted by atomic mass is 10.3. The van der Waals surface area contributed by atoms with Gasteiger partial charge in [-0.25, -0.2) is 15.8 Å². The third-order valence-corrected chi connectivity index (χ3v) is 3.71. The van der Waals surface area contributed by atoms with E-state index in [2.05, 4.69) is 15.4 Å². The molecule has 6 heteroatoms. The highest BCUT2D eigenvalue weighted by Crippen LogP contribution is 2.25. The Balaban J connectivity index is 1.96. The number of nitrogens with two attached hydrogens (primary N) is 1. The third kappa shape index (κ3) is 2.84. The highest BCUT2D eigenvalue weighted by molar-refractivity contribution is 7.99. The summed E-state index contributed by atoms with van der Waals surface area (Å²) >= 11 is 1.70. The van der Waals surface area contributed by atoms with Gasteiger partial charge < -0.3 is 4.74 Å². The fourth-order valence-corrected chi connectivity index (χ4v) is 2.63. The normalized spacial score (nSPS) is 20.0. The Morgan fingerprint density at radius 2 is 2.56 bits per heavy atom. The van der Waals surface area contributed by atoms with Gasteiger partial charge in [-0.1, -0.05) is 0 Å². The molecule has 1 fully saturated rings. The molecule has 88 valence electrons. The van der Waals surface area contributed by atoms with E-state index in [1.54, 1.807) is 18.0 Å². The van der Waals surface area contributed by atoms with Gasteiger partial charge in [0.15, 0.2) is 0 Å². The fourth-order valence-electron chi connectivity index (χ4n) is 1.59. The van der Waals surface area contributed by atoms with Gasteiger partial charge in [0.2, 0.25) is 5.95 Å². The molecule has 2 rings (SSSR count). The second-order valence-electron chi connectivity index (χ2n) is 3.77. The molecule has 3 N–H and O–H groups in total. The van der Waals surface area contributed by atoms with Crippen LogP contribution < -0.4 is 11.3 Å². The zero-order valence-corrected chi connectivity index (χ0v) is 10.1. The average Bonchev–Trinajstić information content (AvgIpc) is 2.81. The number of hydrogen-bond donors (Lipinski definition) is 2. The zero-order chi connectivity index (χ0) is 11.4. The number of hydrazine groups is 1. The van der Waals surface area contributed by atoms with Gasteiger partial charge in [-0.3, -0.25) is 5.43 Å². The summed E-state index contributed by atoms with van der Waals surface area (Å²) in [5.74, 6) is 6.68. The molecular weight excluding hydrogens is 224 g/mol. The van der Waals surface area contributed by atoms with Gasteiger partial charge in [-0.2, -0.15) is 0 Å². The number of aromatic nitrogens is 2. The SMILES string of the molecule is Cc1cnc(NN)nc1SCC1CCCO1. The molecule has 0 bridgehead atoms. The van der Waals surface area contributed by atoms with Crippen molar-refractivity contribution in [1.29, 1.82) is 0 Å². The molecule has 0 amide bonds. The summed E-state index contributed by atoms with van der Waals surface area (Å²) < 4.78 is 5.57. The largest absolute Gasteiger partial charge is 0.377 e. The first-order valence-electron chi connectivity index (χ1n) is 5.34. The van der Waals surface area contributed by atoms with Crippen LogP contribution in [0.2, 0.25) is 0 Å². The predicted molar refractivity (Wildman–Crippen MR) is 64.3 cm³/mol. The fraction of sp³-hybridized carbons (Fsp3) is 0.600. The molecule has 1 aromatic heterocycles. The van der Waals surface area contributed by atoms with Gasteiger partial charge in [-0.15, -0.1) is 11.8 Å². The number of nitrogens with one attached hydrogen (secondary N) is 1. The Kier molecular flexibility index (Phi) is 3.98. The summed E-state index contributed by atoms with van der Waals surface area (Å²) in [6.45, 7) is 2.89. The zero-order valence-electron chi connectivity index (χ0n) is 9.27. The van der Waals surface area contributed by atoms with Crippen molar-refractivity contribution in [2.24, 2.45) is 5.84 Å². The summed E-state index contributed by atoms with van der Waals surface area (Å²) in [7, 11) is 0. The van der Waals surface area contributed by atoms with E-state index in [-0.39, 0.29) is 0 Å². The second-order valence-corrected chi connectivity index (χ2v) is 4.78. The molecule has 1 aliphatic rings. The van der Waals surface area contributed by atoms with E-state index in [9.17, 15) is 0 Å². The number of anilines is 1. The average molecular weight is 240 g/mol. The standard InChI is InChI=1S/C10H16N4OS/c1-7-5-12-10(14-11)13-9(7)16-6-8-3-2-4-15-8/h5,8H,2-4,6,11H2,1H3,(H,12,13,14). The van der Waals surface area contributed by atoms with Crippen molar-refractivity contribution in [3.63, 3.8) is 0 Å². The summed E-state index contributed by atoms with van der Waals surface area (Å²) in [6.07, 6.45) is 4.47. The molecule has 5 nitrogen and oxygen atoms in total. The Labute approximate surface area is 99.2 Å². The van der Waals surface area contributed by atoms with E-state index in [0.29, 0.717) is 12.1 Å². The first-order valence-corrected chi connectivity index (χ1v) is 6.33. The van der Waals surface area contributed by atoms with Crippen LogP contribution in [0.4, 0.5) is 5.95 Å². The van der Waals surface area contributed by atoms with Crippen LogP contribution >= 0.6 is 11.8 Å². The Morgan fingerprint density at radius 3 is 3.25 bits per heavy atom. The van der Waals surface area contributed by atoms with Gasteiger partial charge in [-0.05, 0) is 25.3 Å². The summed E-state index contributed by atoms with van der Waals surface area (Å²) in [5, 5.41) is 0.971. The lowest BCUT2D eigenvalue weighted by Crippen LogP contribution is -2.12. The lowest BCUT2D eigenvalue weighted by molar-refractivity contribution is 0.129. The van der Waals surface area contributed by atoms with Crippen molar-refractivity contribution in [2.75, 3.05) is 17.8 Å². The summed E-state index contributed by atoms with van der Waals surface area (Å²) in [4.78, 5) is 8.36. The van der Waals surface area contributed by atoms with Gasteiger partial charge in [0.05, 0.1) is 6.10 Å². The topological polar surface area (TPSA) is 73.1 Å². The Bertz CT molecular complexity index is 355. The molecule has 0 saturated carbocycles. The second kappa shape index (κ2) is 5.47. The number of ether oxygens (including phenoxy) is 1. The van der Waals surface area contributed by atoms with E-state index in [1.807, 2.05) is 6.92 Å². The van der Waals surface area contributed by atoms with Crippen LogP contribution in [0.15, 0.2) is 11.2 Å². The van der Waals surface area contributed by atoms with Crippen LogP contribution in [0.3, 0.4) is 0 Å². The maximum absolute atomic E-state index is 5.57. The monoisotopic (exact) mass is 240 g/mol. The molecule has 1 aliphatic heterocycles. The summed E-state index contributed by atoms with van der Waals surface area (Å²) in [5.41, 5.74) is 3.53. The minimum Gasteiger partial charge on any atom is -0.377 e. The number of hydrogen-bond acceptors (Lipinski definition) is 6. The predicted octanol–water partition coefficient (Wildman–Crippen LogP) is 1.34. The Morgan fingerprint density at radius 1 is 1.69 bits per heavy atom. The van der Waals surface area contributed by atoms with Crippen LogP contribution in [0.25, 0.3) is 0 Å². The lowest BCUT2D eigenvalue weighted by Gasteiger charge is -2.10. The molecule has 0 aliphatic carbocycles. The molecule has 1 unspecified atom stereocenters. The van der Waals surface area contributed by atoms with Gasteiger partial charge in [0.25, 0.3) is 0 Å². The van der Waals surface area contributed by atoms with E-state index in [1.165, 1.54) is 6.42 Å². The minimum atomic E-state index is 0.369. The number of rotatable bonds is 4. The van der Waals surface area contributed by atoms with Crippen LogP contribution in [0.5, 0.6) is 0 Å². The van der Waals surface area contributed by atoms with E-state index in [0.717, 1.165) is 29.4 Å². The number of thioether (sulfide) groups is 1. The van der Waals surface area contributed by atoms with Crippen molar-refractivity contribution in [3.8, 4) is 0 Å². The summed E-state index contributed by atoms with van der Waals surface area (Å²) in [6, 6.07) is 0. The molecule has 0 radical (unpaired) electrons. The first kappa shape index (κ1) is 11.6. The van der Waals surface area contributed by atoms with E-state index >= 15 is 0 Å². The van der Waals surface area contributed by atoms with Crippen LogP contribution in [0.1, 0.15) is 18.4 Å². The van der Waals surface area contributed by atoms with Crippen molar-refractivity contribution in [1.82, 2.24) is 9.97 Å². The van der Waals surface area contributed by atoms with Crippen LogP contribution in [-0.4, -0.2) is 28.4 Å². The quantitative estimate of drug-likeness (QED) is 0.358. The molecule has 16 heavy (non-hydrogen) atoms. The van der Waals surface area contributed by atoms with Crippen molar-refractivity contribution < 1.29 is 4.74 Å². The first-order chi connectivity index (χ1) is 7.79. The molecule has 0 spiro atoms. The molecule has 0 aromatic carbocycles. The maximum atomic E-state index is 5.57. The third-order valence-electron chi connectivity index (χ3n) is 2.48. The highest BCUT2D eigenvalue weighted by Gasteiger charge is 2.16. The Hall–Kier alpha value is -0.850. The molecule has 2 heterocycles.